The summed E-state index contributed by atoms with van der Waals surface area (Å²) in [6.07, 6.45) is 9.30. The van der Waals surface area contributed by atoms with Gasteiger partial charge in [-0.2, -0.15) is 5.10 Å². The number of amides is 1. The van der Waals surface area contributed by atoms with E-state index in [2.05, 4.69) is 31.3 Å². The number of hydrogen-bond acceptors (Lipinski definition) is 3. The van der Waals surface area contributed by atoms with Gasteiger partial charge >= 0.3 is 0 Å². The Morgan fingerprint density at radius 3 is 2.71 bits per heavy atom. The summed E-state index contributed by atoms with van der Waals surface area (Å²) < 4.78 is 16.4. The molecule has 120 valence electrons. The van der Waals surface area contributed by atoms with Gasteiger partial charge in [-0.1, -0.05) is 6.07 Å². The SMILES string of the molecule is O=C(/C=C/c1ccc(-n2cc(Br)cn2)c(F)c1)Nc1ccncc1. The van der Waals surface area contributed by atoms with Gasteiger partial charge in [-0.15, -0.1) is 0 Å². The van der Waals surface area contributed by atoms with Crippen molar-refractivity contribution in [2.75, 3.05) is 5.32 Å². The minimum Gasteiger partial charge on any atom is -0.322 e. The summed E-state index contributed by atoms with van der Waals surface area (Å²) in [5.74, 6) is -0.732. The zero-order valence-corrected chi connectivity index (χ0v) is 13.9. The number of anilines is 1. The zero-order valence-electron chi connectivity index (χ0n) is 12.4. The van der Waals surface area contributed by atoms with Crippen LogP contribution in [0.2, 0.25) is 0 Å². The second kappa shape index (κ2) is 7.18. The Hall–Kier alpha value is -2.80. The summed E-state index contributed by atoms with van der Waals surface area (Å²) in [5, 5.41) is 6.73. The Balaban J connectivity index is 1.71. The molecule has 3 rings (SSSR count). The van der Waals surface area contributed by atoms with Crippen LogP contribution in [0.1, 0.15) is 5.56 Å². The van der Waals surface area contributed by atoms with Crippen LogP contribution in [0.15, 0.2) is 65.7 Å². The predicted molar refractivity (Wildman–Crippen MR) is 93.1 cm³/mol. The number of benzene rings is 1. The first-order chi connectivity index (χ1) is 11.6. The van der Waals surface area contributed by atoms with E-state index in [1.807, 2.05) is 0 Å². The predicted octanol–water partition coefficient (Wildman–Crippen LogP) is 3.82. The van der Waals surface area contributed by atoms with Crippen molar-refractivity contribution in [2.45, 2.75) is 0 Å². The van der Waals surface area contributed by atoms with Gasteiger partial charge in [-0.05, 0) is 51.8 Å². The number of rotatable bonds is 4. The van der Waals surface area contributed by atoms with E-state index in [0.717, 1.165) is 4.47 Å². The number of nitrogens with zero attached hydrogens (tertiary/aromatic N) is 3. The lowest BCUT2D eigenvalue weighted by molar-refractivity contribution is -0.111. The highest BCUT2D eigenvalue weighted by atomic mass is 79.9. The van der Waals surface area contributed by atoms with Crippen molar-refractivity contribution < 1.29 is 9.18 Å². The average Bonchev–Trinajstić information content (AvgIpc) is 3.00. The van der Waals surface area contributed by atoms with Crippen LogP contribution in [-0.2, 0) is 4.79 Å². The van der Waals surface area contributed by atoms with Crippen molar-refractivity contribution in [3.63, 3.8) is 0 Å². The first kappa shape index (κ1) is 16.1. The van der Waals surface area contributed by atoms with E-state index in [4.69, 9.17) is 0 Å². The molecule has 0 saturated carbocycles. The molecule has 0 fully saturated rings. The maximum absolute atomic E-state index is 14.2. The Bertz CT molecular complexity index is 893. The molecule has 0 spiro atoms. The van der Waals surface area contributed by atoms with Crippen molar-refractivity contribution in [1.82, 2.24) is 14.8 Å². The number of halogens is 2. The molecule has 1 N–H and O–H groups in total. The molecule has 7 heteroatoms. The number of pyridine rings is 1. The lowest BCUT2D eigenvalue weighted by Gasteiger charge is -2.04. The van der Waals surface area contributed by atoms with Crippen LogP contribution in [0, 0.1) is 5.82 Å². The van der Waals surface area contributed by atoms with Gasteiger partial charge in [0.2, 0.25) is 5.91 Å². The molecule has 0 aliphatic rings. The molecule has 0 bridgehead atoms. The maximum atomic E-state index is 14.2. The van der Waals surface area contributed by atoms with Gasteiger partial charge in [0.05, 0.1) is 10.7 Å². The van der Waals surface area contributed by atoms with Crippen LogP contribution in [0.25, 0.3) is 11.8 Å². The van der Waals surface area contributed by atoms with E-state index in [0.29, 0.717) is 16.9 Å². The molecule has 0 radical (unpaired) electrons. The number of hydrogen-bond donors (Lipinski definition) is 1. The van der Waals surface area contributed by atoms with Gasteiger partial charge < -0.3 is 5.32 Å². The highest BCUT2D eigenvalue weighted by molar-refractivity contribution is 9.10. The number of aromatic nitrogens is 3. The highest BCUT2D eigenvalue weighted by Gasteiger charge is 2.06. The van der Waals surface area contributed by atoms with Crippen molar-refractivity contribution in [3.05, 3.63) is 77.0 Å². The molecule has 0 atom stereocenters. The van der Waals surface area contributed by atoms with Crippen LogP contribution in [0.3, 0.4) is 0 Å². The molecule has 0 aliphatic heterocycles. The van der Waals surface area contributed by atoms with Crippen LogP contribution in [-0.4, -0.2) is 20.7 Å². The molecule has 2 heterocycles. The summed E-state index contributed by atoms with van der Waals surface area (Å²) >= 11 is 3.27. The number of carbonyl (C=O) groups excluding carboxylic acids is 1. The smallest absolute Gasteiger partial charge is 0.248 e. The first-order valence-electron chi connectivity index (χ1n) is 7.01. The van der Waals surface area contributed by atoms with Crippen LogP contribution >= 0.6 is 15.9 Å². The fourth-order valence-corrected chi connectivity index (χ4v) is 2.32. The molecule has 3 aromatic rings. The van der Waals surface area contributed by atoms with Crippen molar-refractivity contribution in [3.8, 4) is 5.69 Å². The molecule has 0 saturated heterocycles. The molecule has 0 aliphatic carbocycles. The second-order valence-electron chi connectivity index (χ2n) is 4.87. The molecular weight excluding hydrogens is 375 g/mol. The highest BCUT2D eigenvalue weighted by Crippen LogP contribution is 2.18. The van der Waals surface area contributed by atoms with Gasteiger partial charge in [0, 0.05) is 30.4 Å². The topological polar surface area (TPSA) is 59.8 Å². The Labute approximate surface area is 146 Å². The minimum absolute atomic E-state index is 0.304. The third kappa shape index (κ3) is 3.94. The third-order valence-electron chi connectivity index (χ3n) is 3.14. The van der Waals surface area contributed by atoms with Crippen molar-refractivity contribution in [1.29, 1.82) is 0 Å². The van der Waals surface area contributed by atoms with E-state index >= 15 is 0 Å². The second-order valence-corrected chi connectivity index (χ2v) is 5.79. The summed E-state index contributed by atoms with van der Waals surface area (Å²) in [5.41, 5.74) is 1.55. The van der Waals surface area contributed by atoms with Crippen LogP contribution < -0.4 is 5.32 Å². The van der Waals surface area contributed by atoms with E-state index < -0.39 is 5.82 Å². The van der Waals surface area contributed by atoms with Gasteiger partial charge in [0.1, 0.15) is 11.5 Å². The van der Waals surface area contributed by atoms with E-state index in [9.17, 15) is 9.18 Å². The van der Waals surface area contributed by atoms with E-state index in [-0.39, 0.29) is 5.91 Å². The standard InChI is InChI=1S/C17H12BrFN4O/c18-13-10-21-23(11-13)16-3-1-12(9-15(16)19)2-4-17(24)22-14-5-7-20-8-6-14/h1-11H,(H,20,22,24)/b4-2+. The summed E-state index contributed by atoms with van der Waals surface area (Å²) in [6, 6.07) is 8.03. The fraction of sp³-hybridized carbons (Fsp3) is 0. The zero-order chi connectivity index (χ0) is 16.9. The van der Waals surface area contributed by atoms with Crippen LogP contribution in [0.4, 0.5) is 10.1 Å². The summed E-state index contributed by atoms with van der Waals surface area (Å²) in [6.45, 7) is 0. The first-order valence-corrected chi connectivity index (χ1v) is 7.80. The van der Waals surface area contributed by atoms with Gasteiger partial charge in [-0.3, -0.25) is 9.78 Å². The Morgan fingerprint density at radius 1 is 1.25 bits per heavy atom. The largest absolute Gasteiger partial charge is 0.322 e. The molecule has 2 aromatic heterocycles. The molecule has 5 nitrogen and oxygen atoms in total. The summed E-state index contributed by atoms with van der Waals surface area (Å²) in [7, 11) is 0. The van der Waals surface area contributed by atoms with Gasteiger partial charge in [0.15, 0.2) is 0 Å². The number of nitrogens with one attached hydrogen (secondary N) is 1. The van der Waals surface area contributed by atoms with E-state index in [1.165, 1.54) is 16.8 Å². The molecular formula is C17H12BrFN4O. The van der Waals surface area contributed by atoms with E-state index in [1.54, 1.807) is 55.1 Å². The molecule has 1 amide bonds. The Kier molecular flexibility index (Phi) is 4.81. The Morgan fingerprint density at radius 2 is 2.04 bits per heavy atom. The van der Waals surface area contributed by atoms with Crippen molar-refractivity contribution >= 4 is 33.6 Å². The monoisotopic (exact) mass is 386 g/mol. The average molecular weight is 387 g/mol. The molecule has 24 heavy (non-hydrogen) atoms. The third-order valence-corrected chi connectivity index (χ3v) is 3.55. The normalized spacial score (nSPS) is 10.9. The molecule has 1 aromatic carbocycles. The van der Waals surface area contributed by atoms with Gasteiger partial charge in [-0.25, -0.2) is 9.07 Å². The minimum atomic E-state index is -0.428. The van der Waals surface area contributed by atoms with Crippen LogP contribution in [0.5, 0.6) is 0 Å². The fourth-order valence-electron chi connectivity index (χ4n) is 2.04. The molecule has 0 unspecified atom stereocenters. The van der Waals surface area contributed by atoms with Gasteiger partial charge in [0.25, 0.3) is 0 Å². The maximum Gasteiger partial charge on any atom is 0.248 e. The quantitative estimate of drug-likeness (QED) is 0.693. The van der Waals surface area contributed by atoms with Crippen molar-refractivity contribution in [2.24, 2.45) is 0 Å². The lowest BCUT2D eigenvalue weighted by atomic mass is 10.2. The number of carbonyl (C=O) groups is 1. The lowest BCUT2D eigenvalue weighted by Crippen LogP contribution is -2.07. The summed E-state index contributed by atoms with van der Waals surface area (Å²) in [4.78, 5) is 15.7.